The number of halogens is 1. The van der Waals surface area contributed by atoms with Gasteiger partial charge in [0.15, 0.2) is 6.61 Å². The highest BCUT2D eigenvalue weighted by molar-refractivity contribution is 6.35. The molecule has 0 atom stereocenters. The number of carbonyl (C=O) groups is 3. The average molecular weight is 403 g/mol. The topological polar surface area (TPSA) is 109 Å². The Hall–Kier alpha value is -3.39. The molecule has 3 N–H and O–H groups in total. The van der Waals surface area contributed by atoms with Gasteiger partial charge in [0.25, 0.3) is 5.91 Å². The summed E-state index contributed by atoms with van der Waals surface area (Å²) in [5.74, 6) is -1.54. The number of para-hydroxylation sites is 1. The second-order valence-corrected chi connectivity index (χ2v) is 5.85. The number of carbonyl (C=O) groups excluding carboxylic acids is 3. The van der Waals surface area contributed by atoms with Crippen LogP contribution in [0.15, 0.2) is 53.6 Å². The van der Waals surface area contributed by atoms with Crippen LogP contribution < -0.4 is 20.8 Å². The third-order valence-corrected chi connectivity index (χ3v) is 3.63. The number of benzene rings is 2. The lowest BCUT2D eigenvalue weighted by molar-refractivity contribution is -0.139. The van der Waals surface area contributed by atoms with Crippen LogP contribution in [0.4, 0.5) is 5.69 Å². The standard InChI is InChI=1S/C19H19ClN4O4/c1-2-21-18(26)19(27)24-22-11-13-6-5-7-14(10-13)28-12-17(25)23-16-9-4-3-8-15(16)20/h3-11H,2,12H2,1H3,(H,21,26)(H,23,25)(H,24,27)/b22-11-. The van der Waals surface area contributed by atoms with E-state index in [2.05, 4.69) is 21.2 Å². The largest absolute Gasteiger partial charge is 0.484 e. The van der Waals surface area contributed by atoms with Crippen molar-refractivity contribution in [2.45, 2.75) is 6.92 Å². The lowest BCUT2D eigenvalue weighted by atomic mass is 10.2. The Morgan fingerprint density at radius 1 is 1.11 bits per heavy atom. The molecule has 0 fully saturated rings. The van der Waals surface area contributed by atoms with E-state index < -0.39 is 11.8 Å². The molecule has 0 aliphatic heterocycles. The number of hydrogen-bond acceptors (Lipinski definition) is 5. The van der Waals surface area contributed by atoms with Gasteiger partial charge in [0.1, 0.15) is 5.75 Å². The highest BCUT2D eigenvalue weighted by Gasteiger charge is 2.10. The monoisotopic (exact) mass is 402 g/mol. The van der Waals surface area contributed by atoms with Crippen LogP contribution in [-0.4, -0.2) is 37.1 Å². The number of nitrogens with zero attached hydrogens (tertiary/aromatic N) is 1. The van der Waals surface area contributed by atoms with Crippen molar-refractivity contribution in [3.05, 3.63) is 59.1 Å². The zero-order chi connectivity index (χ0) is 20.4. The van der Waals surface area contributed by atoms with Crippen LogP contribution in [-0.2, 0) is 14.4 Å². The summed E-state index contributed by atoms with van der Waals surface area (Å²) in [5, 5.41) is 9.16. The Balaban J connectivity index is 1.86. The van der Waals surface area contributed by atoms with Gasteiger partial charge in [-0.2, -0.15) is 5.10 Å². The number of rotatable bonds is 7. The van der Waals surface area contributed by atoms with Gasteiger partial charge in [0.05, 0.1) is 16.9 Å². The zero-order valence-corrected chi connectivity index (χ0v) is 15.8. The van der Waals surface area contributed by atoms with E-state index in [9.17, 15) is 14.4 Å². The van der Waals surface area contributed by atoms with E-state index in [0.717, 1.165) is 0 Å². The molecule has 8 nitrogen and oxygen atoms in total. The minimum Gasteiger partial charge on any atom is -0.484 e. The summed E-state index contributed by atoms with van der Waals surface area (Å²) in [6, 6.07) is 13.6. The van der Waals surface area contributed by atoms with Crippen molar-refractivity contribution >= 4 is 41.2 Å². The third-order valence-electron chi connectivity index (χ3n) is 3.30. The van der Waals surface area contributed by atoms with E-state index in [-0.39, 0.29) is 12.5 Å². The Bertz CT molecular complexity index is 886. The van der Waals surface area contributed by atoms with Gasteiger partial charge in [-0.1, -0.05) is 35.9 Å². The second-order valence-electron chi connectivity index (χ2n) is 5.45. The van der Waals surface area contributed by atoms with Gasteiger partial charge in [0, 0.05) is 6.54 Å². The number of amides is 3. The van der Waals surface area contributed by atoms with Gasteiger partial charge in [-0.15, -0.1) is 0 Å². The van der Waals surface area contributed by atoms with E-state index in [4.69, 9.17) is 16.3 Å². The smallest absolute Gasteiger partial charge is 0.329 e. The molecule has 2 aromatic carbocycles. The average Bonchev–Trinajstić information content (AvgIpc) is 2.68. The molecule has 0 radical (unpaired) electrons. The fourth-order valence-electron chi connectivity index (χ4n) is 2.04. The maximum Gasteiger partial charge on any atom is 0.329 e. The molecule has 9 heteroatoms. The first-order chi connectivity index (χ1) is 13.5. The molecule has 0 aromatic heterocycles. The first-order valence-electron chi connectivity index (χ1n) is 8.38. The molecular formula is C19H19ClN4O4. The Labute approximate surface area is 166 Å². The molecule has 0 heterocycles. The molecule has 0 spiro atoms. The van der Waals surface area contributed by atoms with Crippen molar-refractivity contribution in [1.29, 1.82) is 0 Å². The van der Waals surface area contributed by atoms with Crippen LogP contribution in [0.3, 0.4) is 0 Å². The minimum absolute atomic E-state index is 0.209. The van der Waals surface area contributed by atoms with Crippen molar-refractivity contribution in [1.82, 2.24) is 10.7 Å². The molecule has 0 aliphatic rings. The highest BCUT2D eigenvalue weighted by Crippen LogP contribution is 2.20. The molecule has 3 amide bonds. The highest BCUT2D eigenvalue weighted by atomic mass is 35.5. The number of nitrogens with one attached hydrogen (secondary N) is 3. The second kappa shape index (κ2) is 10.7. The van der Waals surface area contributed by atoms with Crippen molar-refractivity contribution < 1.29 is 19.1 Å². The van der Waals surface area contributed by atoms with E-state index in [1.54, 1.807) is 55.5 Å². The number of ether oxygens (including phenoxy) is 1. The van der Waals surface area contributed by atoms with E-state index in [0.29, 0.717) is 28.6 Å². The Morgan fingerprint density at radius 2 is 1.89 bits per heavy atom. The van der Waals surface area contributed by atoms with Gasteiger partial charge < -0.3 is 15.4 Å². The van der Waals surface area contributed by atoms with Crippen molar-refractivity contribution in [2.75, 3.05) is 18.5 Å². The summed E-state index contributed by atoms with van der Waals surface area (Å²) in [6.07, 6.45) is 1.35. The molecule has 0 aliphatic carbocycles. The molecule has 0 saturated heterocycles. The molecule has 0 unspecified atom stereocenters. The molecular weight excluding hydrogens is 384 g/mol. The molecule has 2 aromatic rings. The van der Waals surface area contributed by atoms with Crippen molar-refractivity contribution in [3.8, 4) is 5.75 Å². The van der Waals surface area contributed by atoms with Crippen LogP contribution in [0.1, 0.15) is 12.5 Å². The quantitative estimate of drug-likeness (QED) is 0.373. The lowest BCUT2D eigenvalue weighted by Crippen LogP contribution is -2.37. The Morgan fingerprint density at radius 3 is 2.64 bits per heavy atom. The van der Waals surface area contributed by atoms with Gasteiger partial charge in [0.2, 0.25) is 0 Å². The maximum atomic E-state index is 12.0. The fraction of sp³-hybridized carbons (Fsp3) is 0.158. The molecule has 0 bridgehead atoms. The third kappa shape index (κ3) is 6.73. The lowest BCUT2D eigenvalue weighted by Gasteiger charge is -2.09. The van der Waals surface area contributed by atoms with Gasteiger partial charge in [-0.05, 0) is 36.8 Å². The van der Waals surface area contributed by atoms with Crippen LogP contribution in [0.25, 0.3) is 0 Å². The maximum absolute atomic E-state index is 12.0. The van der Waals surface area contributed by atoms with Crippen molar-refractivity contribution in [3.63, 3.8) is 0 Å². The molecule has 2 rings (SSSR count). The summed E-state index contributed by atoms with van der Waals surface area (Å²) >= 11 is 5.99. The number of hydrogen-bond donors (Lipinski definition) is 3. The summed E-state index contributed by atoms with van der Waals surface area (Å²) in [7, 11) is 0. The molecule has 28 heavy (non-hydrogen) atoms. The zero-order valence-electron chi connectivity index (χ0n) is 15.1. The van der Waals surface area contributed by atoms with Gasteiger partial charge in [-0.25, -0.2) is 5.43 Å². The van der Waals surface area contributed by atoms with E-state index in [1.807, 2.05) is 0 Å². The van der Waals surface area contributed by atoms with Crippen molar-refractivity contribution in [2.24, 2.45) is 5.10 Å². The summed E-state index contributed by atoms with van der Waals surface area (Å²) in [6.45, 7) is 1.84. The first kappa shape index (κ1) is 20.9. The molecule has 0 saturated carbocycles. The minimum atomic E-state index is -0.859. The number of likely N-dealkylation sites (N-methyl/N-ethyl adjacent to an activating group) is 1. The predicted molar refractivity (Wildman–Crippen MR) is 106 cm³/mol. The predicted octanol–water partition coefficient (Wildman–Crippen LogP) is 1.94. The van der Waals surface area contributed by atoms with E-state index >= 15 is 0 Å². The van der Waals surface area contributed by atoms with Crippen LogP contribution >= 0.6 is 11.6 Å². The Kier molecular flexibility index (Phi) is 7.98. The summed E-state index contributed by atoms with van der Waals surface area (Å²) in [4.78, 5) is 34.7. The van der Waals surface area contributed by atoms with Crippen LogP contribution in [0.2, 0.25) is 5.02 Å². The van der Waals surface area contributed by atoms with Crippen LogP contribution in [0, 0.1) is 0 Å². The SMILES string of the molecule is CCNC(=O)C(=O)N/N=C\c1cccc(OCC(=O)Nc2ccccc2Cl)c1. The normalized spacial score (nSPS) is 10.4. The molecule has 146 valence electrons. The fourth-order valence-corrected chi connectivity index (χ4v) is 2.22. The number of hydrazone groups is 1. The first-order valence-corrected chi connectivity index (χ1v) is 8.76. The number of anilines is 1. The summed E-state index contributed by atoms with van der Waals surface area (Å²) < 4.78 is 5.45. The summed E-state index contributed by atoms with van der Waals surface area (Å²) in [5.41, 5.74) is 3.23. The van der Waals surface area contributed by atoms with E-state index in [1.165, 1.54) is 6.21 Å². The van der Waals surface area contributed by atoms with Gasteiger partial charge >= 0.3 is 11.8 Å². The van der Waals surface area contributed by atoms with Gasteiger partial charge in [-0.3, -0.25) is 14.4 Å². The van der Waals surface area contributed by atoms with Crippen LogP contribution in [0.5, 0.6) is 5.75 Å².